The van der Waals surface area contributed by atoms with E-state index >= 15 is 0 Å². The summed E-state index contributed by atoms with van der Waals surface area (Å²) in [7, 11) is 0. The molecule has 1 aromatic carbocycles. The Balaban J connectivity index is 2.43. The summed E-state index contributed by atoms with van der Waals surface area (Å²) >= 11 is 0. The highest BCUT2D eigenvalue weighted by Crippen LogP contribution is 2.41. The number of aliphatic hydroxyl groups excluding tert-OH is 1. The molecule has 0 fully saturated rings. The Bertz CT molecular complexity index is 485. The lowest BCUT2D eigenvalue weighted by Crippen LogP contribution is -2.40. The first-order chi connectivity index (χ1) is 9.06. The summed E-state index contributed by atoms with van der Waals surface area (Å²) in [5, 5.41) is 12.0. The Hall–Kier alpha value is -1.75. The third-order valence-corrected chi connectivity index (χ3v) is 2.96. The van der Waals surface area contributed by atoms with E-state index < -0.39 is 6.10 Å². The summed E-state index contributed by atoms with van der Waals surface area (Å²) in [6, 6.07) is 3.43. The van der Waals surface area contributed by atoms with Gasteiger partial charge >= 0.3 is 0 Å². The quantitative estimate of drug-likeness (QED) is 0.873. The average Bonchev–Trinajstić information content (AvgIpc) is 2.37. The Kier molecular flexibility index (Phi) is 3.95. The first-order valence-electron chi connectivity index (χ1n) is 6.45. The molecule has 1 aliphatic rings. The molecule has 0 spiro atoms. The van der Waals surface area contributed by atoms with Crippen molar-refractivity contribution in [2.24, 2.45) is 5.92 Å². The number of nitrogens with one attached hydrogen (secondary N) is 1. The van der Waals surface area contributed by atoms with Gasteiger partial charge in [0.25, 0.3) is 5.91 Å². The number of carbonyl (C=O) groups is 1. The van der Waals surface area contributed by atoms with Crippen molar-refractivity contribution in [1.82, 2.24) is 0 Å². The van der Waals surface area contributed by atoms with Crippen molar-refractivity contribution in [3.05, 3.63) is 17.7 Å². The van der Waals surface area contributed by atoms with Crippen LogP contribution in [0.25, 0.3) is 0 Å². The van der Waals surface area contributed by atoms with Gasteiger partial charge in [-0.1, -0.05) is 13.8 Å². The second-order valence-electron chi connectivity index (χ2n) is 4.83. The highest BCUT2D eigenvalue weighted by Gasteiger charge is 2.32. The molecule has 1 heterocycles. The summed E-state index contributed by atoms with van der Waals surface area (Å²) in [5.41, 5.74) is 1.23. The maximum Gasteiger partial charge on any atom is 0.265 e. The van der Waals surface area contributed by atoms with Gasteiger partial charge in [-0.3, -0.25) is 4.79 Å². The molecule has 1 atom stereocenters. The summed E-state index contributed by atoms with van der Waals surface area (Å²) in [6.07, 6.45) is -0.522. The molecule has 2 rings (SSSR count). The van der Waals surface area contributed by atoms with Crippen molar-refractivity contribution >= 4 is 11.6 Å². The lowest BCUT2D eigenvalue weighted by atomic mass is 10.0. The van der Waals surface area contributed by atoms with Crippen molar-refractivity contribution in [3.8, 4) is 11.5 Å². The van der Waals surface area contributed by atoms with Crippen LogP contribution in [0.2, 0.25) is 0 Å². The summed E-state index contributed by atoms with van der Waals surface area (Å²) in [5.74, 6) is 0.993. The van der Waals surface area contributed by atoms with Crippen LogP contribution in [0.3, 0.4) is 0 Å². The predicted octanol–water partition coefficient (Wildman–Crippen LogP) is 1.93. The number of amides is 1. The van der Waals surface area contributed by atoms with Gasteiger partial charge in [-0.25, -0.2) is 0 Å². The molecule has 0 aliphatic carbocycles. The van der Waals surface area contributed by atoms with Gasteiger partial charge in [0.05, 0.1) is 18.9 Å². The maximum absolute atomic E-state index is 11.9. The number of hydrogen-bond acceptors (Lipinski definition) is 4. The highest BCUT2D eigenvalue weighted by molar-refractivity contribution is 5.98. The van der Waals surface area contributed by atoms with Gasteiger partial charge in [0.15, 0.2) is 17.6 Å². The third-order valence-electron chi connectivity index (χ3n) is 2.96. The van der Waals surface area contributed by atoms with Crippen LogP contribution in [-0.2, 0) is 11.4 Å². The summed E-state index contributed by atoms with van der Waals surface area (Å²) in [4.78, 5) is 11.9. The number of ether oxygens (including phenoxy) is 2. The molecular weight excluding hydrogens is 246 g/mol. The predicted molar refractivity (Wildman–Crippen MR) is 71.4 cm³/mol. The van der Waals surface area contributed by atoms with Gasteiger partial charge in [-0.05, 0) is 30.5 Å². The Labute approximate surface area is 112 Å². The number of hydrogen-bond donors (Lipinski definition) is 2. The Morgan fingerprint density at radius 3 is 2.79 bits per heavy atom. The van der Waals surface area contributed by atoms with Crippen LogP contribution in [-0.4, -0.2) is 23.7 Å². The fraction of sp³-hybridized carbons (Fsp3) is 0.500. The summed E-state index contributed by atoms with van der Waals surface area (Å²) < 4.78 is 11.3. The van der Waals surface area contributed by atoms with E-state index in [4.69, 9.17) is 9.47 Å². The van der Waals surface area contributed by atoms with Gasteiger partial charge in [-0.15, -0.1) is 0 Å². The Morgan fingerprint density at radius 1 is 1.47 bits per heavy atom. The molecule has 0 bridgehead atoms. The molecule has 1 aliphatic heterocycles. The molecule has 0 saturated heterocycles. The molecule has 1 amide bonds. The zero-order chi connectivity index (χ0) is 14.0. The van der Waals surface area contributed by atoms with Crippen LogP contribution in [0.5, 0.6) is 11.5 Å². The van der Waals surface area contributed by atoms with Crippen LogP contribution in [0.1, 0.15) is 26.3 Å². The number of carbonyl (C=O) groups excluding carboxylic acids is 1. The van der Waals surface area contributed by atoms with Gasteiger partial charge in [0, 0.05) is 0 Å². The molecule has 104 valence electrons. The lowest BCUT2D eigenvalue weighted by molar-refractivity contribution is -0.125. The van der Waals surface area contributed by atoms with E-state index in [1.165, 1.54) is 0 Å². The minimum Gasteiger partial charge on any atom is -0.490 e. The smallest absolute Gasteiger partial charge is 0.265 e. The Morgan fingerprint density at radius 2 is 2.21 bits per heavy atom. The van der Waals surface area contributed by atoms with E-state index in [0.717, 1.165) is 0 Å². The van der Waals surface area contributed by atoms with Crippen molar-refractivity contribution in [2.75, 3.05) is 11.9 Å². The van der Waals surface area contributed by atoms with Crippen LogP contribution < -0.4 is 14.8 Å². The minimum absolute atomic E-state index is 0.0696. The van der Waals surface area contributed by atoms with Crippen molar-refractivity contribution < 1.29 is 19.4 Å². The molecule has 0 saturated carbocycles. The molecule has 1 unspecified atom stereocenters. The van der Waals surface area contributed by atoms with Crippen molar-refractivity contribution in [1.29, 1.82) is 0 Å². The molecule has 1 aromatic rings. The van der Waals surface area contributed by atoms with E-state index in [2.05, 4.69) is 5.32 Å². The molecule has 5 heteroatoms. The van der Waals surface area contributed by atoms with Crippen LogP contribution in [0.15, 0.2) is 12.1 Å². The fourth-order valence-electron chi connectivity index (χ4n) is 2.05. The van der Waals surface area contributed by atoms with Gasteiger partial charge in [-0.2, -0.15) is 0 Å². The number of benzene rings is 1. The molecule has 0 aromatic heterocycles. The van der Waals surface area contributed by atoms with E-state index in [9.17, 15) is 9.90 Å². The molecule has 2 N–H and O–H groups in total. The first kappa shape index (κ1) is 13.7. The van der Waals surface area contributed by atoms with E-state index in [1.54, 1.807) is 12.1 Å². The normalized spacial score (nSPS) is 17.7. The largest absolute Gasteiger partial charge is 0.490 e. The average molecular weight is 265 g/mol. The van der Waals surface area contributed by atoms with Gasteiger partial charge in [0.2, 0.25) is 0 Å². The van der Waals surface area contributed by atoms with Crippen LogP contribution >= 0.6 is 0 Å². The standard InChI is InChI=1S/C14H19NO4/c1-4-18-11-6-9(7-16)5-10-13(11)19-12(8(2)3)14(17)15-10/h5-6,8,12,16H,4,7H2,1-3H3,(H,15,17). The van der Waals surface area contributed by atoms with E-state index in [1.807, 2.05) is 20.8 Å². The summed E-state index contributed by atoms with van der Waals surface area (Å²) in [6.45, 7) is 6.11. The zero-order valence-electron chi connectivity index (χ0n) is 11.4. The number of anilines is 1. The molecule has 19 heavy (non-hydrogen) atoms. The molecule has 5 nitrogen and oxygen atoms in total. The monoisotopic (exact) mass is 265 g/mol. The fourth-order valence-corrected chi connectivity index (χ4v) is 2.05. The number of rotatable bonds is 4. The third kappa shape index (κ3) is 2.66. The molecular formula is C14H19NO4. The topological polar surface area (TPSA) is 67.8 Å². The van der Waals surface area contributed by atoms with Gasteiger partial charge < -0.3 is 19.9 Å². The van der Waals surface area contributed by atoms with Gasteiger partial charge in [0.1, 0.15) is 0 Å². The van der Waals surface area contributed by atoms with Crippen molar-refractivity contribution in [3.63, 3.8) is 0 Å². The SMILES string of the molecule is CCOc1cc(CO)cc2c1OC(C(C)C)C(=O)N2. The second-order valence-corrected chi connectivity index (χ2v) is 4.83. The van der Waals surface area contributed by atoms with Crippen molar-refractivity contribution in [2.45, 2.75) is 33.5 Å². The molecule has 0 radical (unpaired) electrons. The van der Waals surface area contributed by atoms with Crippen LogP contribution in [0, 0.1) is 5.92 Å². The number of fused-ring (bicyclic) bond motifs is 1. The highest BCUT2D eigenvalue weighted by atomic mass is 16.5. The lowest BCUT2D eigenvalue weighted by Gasteiger charge is -2.29. The minimum atomic E-state index is -0.522. The van der Waals surface area contributed by atoms with Crippen LogP contribution in [0.4, 0.5) is 5.69 Å². The zero-order valence-corrected chi connectivity index (χ0v) is 11.4. The second kappa shape index (κ2) is 5.48. The number of aliphatic hydroxyl groups is 1. The maximum atomic E-state index is 11.9. The first-order valence-corrected chi connectivity index (χ1v) is 6.45. The van der Waals surface area contributed by atoms with E-state index in [0.29, 0.717) is 29.4 Å². The van der Waals surface area contributed by atoms with E-state index in [-0.39, 0.29) is 18.4 Å².